The average Bonchev–Trinajstić information content (AvgIpc) is 3.04. The van der Waals surface area contributed by atoms with Gasteiger partial charge in [0.05, 0.1) is 24.3 Å². The van der Waals surface area contributed by atoms with Gasteiger partial charge in [-0.3, -0.25) is 9.59 Å². The largest absolute Gasteiger partial charge is 0.508 e. The van der Waals surface area contributed by atoms with E-state index >= 15 is 0 Å². The van der Waals surface area contributed by atoms with E-state index in [0.29, 0.717) is 36.0 Å². The van der Waals surface area contributed by atoms with Gasteiger partial charge in [0.2, 0.25) is 5.91 Å². The molecule has 3 rings (SSSR count). The second-order valence-electron chi connectivity index (χ2n) is 11.3. The van der Waals surface area contributed by atoms with Crippen LogP contribution in [0.1, 0.15) is 56.0 Å². The molecule has 0 aliphatic carbocycles. The van der Waals surface area contributed by atoms with E-state index in [-0.39, 0.29) is 23.6 Å². The van der Waals surface area contributed by atoms with Gasteiger partial charge < -0.3 is 35.4 Å². The lowest BCUT2D eigenvalue weighted by atomic mass is 9.90. The number of benzene rings is 2. The van der Waals surface area contributed by atoms with Crippen LogP contribution in [0.5, 0.6) is 11.5 Å². The molecular weight excluding hydrogens is 588 g/mol. The maximum atomic E-state index is 13.1. The number of phenolic OH excluding ortho intramolecular Hbond substituents is 2. The minimum atomic E-state index is -0.966. The van der Waals surface area contributed by atoms with Crippen molar-refractivity contribution in [3.8, 4) is 11.5 Å². The molecule has 0 saturated heterocycles. The van der Waals surface area contributed by atoms with E-state index in [0.717, 1.165) is 0 Å². The molecule has 0 fully saturated rings. The molecule has 10 heteroatoms. The Morgan fingerprint density at radius 2 is 1.78 bits per heavy atom. The zero-order valence-electron chi connectivity index (χ0n) is 26.7. The number of aryl methyl sites for hydroxylation is 1. The van der Waals surface area contributed by atoms with E-state index in [9.17, 15) is 29.7 Å². The number of nitrogens with one attached hydrogen (secondary N) is 2. The lowest BCUT2D eigenvalue weighted by Crippen LogP contribution is -2.43. The Hall–Kier alpha value is -4.67. The molecule has 5 unspecified atom stereocenters. The monoisotopic (exact) mass is 632 g/mol. The highest BCUT2D eigenvalue weighted by molar-refractivity contribution is 5.96. The molecule has 10 nitrogen and oxygen atoms in total. The molecule has 0 radical (unpaired) electrons. The number of esters is 1. The zero-order chi connectivity index (χ0) is 33.6. The van der Waals surface area contributed by atoms with Gasteiger partial charge in [0.15, 0.2) is 0 Å². The maximum Gasteiger partial charge on any atom is 0.328 e. The third-order valence-electron chi connectivity index (χ3n) is 7.74. The van der Waals surface area contributed by atoms with Crippen LogP contribution in [-0.4, -0.2) is 64.6 Å². The number of phenols is 2. The number of rotatable bonds is 5. The number of aliphatic hydroxyl groups excluding tert-OH is 1. The minimum absolute atomic E-state index is 0.0178. The van der Waals surface area contributed by atoms with Gasteiger partial charge in [-0.05, 0) is 56.0 Å². The highest BCUT2D eigenvalue weighted by Gasteiger charge is 2.30. The molecule has 1 heterocycles. The van der Waals surface area contributed by atoms with Crippen molar-refractivity contribution < 1.29 is 39.2 Å². The first-order valence-corrected chi connectivity index (χ1v) is 15.3. The number of amides is 2. The smallest absolute Gasteiger partial charge is 0.328 e. The maximum absolute atomic E-state index is 13.1. The van der Waals surface area contributed by atoms with Gasteiger partial charge in [-0.1, -0.05) is 67.7 Å². The number of methoxy groups -OCH3 is 1. The number of ether oxygens (including phenoxy) is 2. The SMILES string of the molecule is COC1C=CC=CC=CCC(OC(=O)C(C)NC(=O)c2ccccc2)C(C)C(O)C(C)=CCCc2cc(O)cc(c2O)NC(=O)C1. The highest BCUT2D eigenvalue weighted by atomic mass is 16.5. The lowest BCUT2D eigenvalue weighted by Gasteiger charge is -2.29. The molecule has 2 bridgehead atoms. The Bertz CT molecular complexity index is 1460. The fourth-order valence-corrected chi connectivity index (χ4v) is 4.93. The van der Waals surface area contributed by atoms with E-state index in [2.05, 4.69) is 10.6 Å². The molecule has 1 aliphatic rings. The van der Waals surface area contributed by atoms with Gasteiger partial charge >= 0.3 is 5.97 Å². The van der Waals surface area contributed by atoms with Crippen LogP contribution in [0.15, 0.2) is 90.6 Å². The predicted molar refractivity (Wildman–Crippen MR) is 176 cm³/mol. The average molecular weight is 633 g/mol. The molecule has 246 valence electrons. The predicted octanol–water partition coefficient (Wildman–Crippen LogP) is 5.12. The van der Waals surface area contributed by atoms with Crippen LogP contribution < -0.4 is 10.6 Å². The van der Waals surface area contributed by atoms with E-state index in [1.165, 1.54) is 19.2 Å². The summed E-state index contributed by atoms with van der Waals surface area (Å²) in [5.74, 6) is -2.22. The Kier molecular flexibility index (Phi) is 13.8. The highest BCUT2D eigenvalue weighted by Crippen LogP contribution is 2.34. The van der Waals surface area contributed by atoms with Crippen LogP contribution in [0.2, 0.25) is 0 Å². The third kappa shape index (κ3) is 10.7. The summed E-state index contributed by atoms with van der Waals surface area (Å²) in [7, 11) is 1.48. The van der Waals surface area contributed by atoms with Crippen LogP contribution in [0.4, 0.5) is 5.69 Å². The number of aliphatic hydroxyl groups is 1. The van der Waals surface area contributed by atoms with Crippen molar-refractivity contribution in [1.82, 2.24) is 5.32 Å². The number of fused-ring (bicyclic) bond motifs is 2. The van der Waals surface area contributed by atoms with E-state index in [1.54, 1.807) is 81.5 Å². The van der Waals surface area contributed by atoms with Crippen LogP contribution in [0, 0.1) is 5.92 Å². The molecule has 0 saturated carbocycles. The van der Waals surface area contributed by atoms with Crippen molar-refractivity contribution in [2.45, 2.75) is 70.8 Å². The summed E-state index contributed by atoms with van der Waals surface area (Å²) >= 11 is 0. The van der Waals surface area contributed by atoms with Crippen molar-refractivity contribution in [2.75, 3.05) is 12.4 Å². The normalized spacial score (nSPS) is 22.1. The fraction of sp³-hybridized carbons (Fsp3) is 0.361. The van der Waals surface area contributed by atoms with Crippen molar-refractivity contribution in [2.24, 2.45) is 5.92 Å². The molecule has 0 aromatic heterocycles. The van der Waals surface area contributed by atoms with E-state index < -0.39 is 48.1 Å². The molecule has 2 aromatic rings. The minimum Gasteiger partial charge on any atom is -0.508 e. The van der Waals surface area contributed by atoms with Crippen LogP contribution in [-0.2, 0) is 25.5 Å². The molecular formula is C36H44N2O8. The van der Waals surface area contributed by atoms with Gasteiger partial charge in [-0.25, -0.2) is 4.79 Å². The van der Waals surface area contributed by atoms with Gasteiger partial charge in [0.1, 0.15) is 23.6 Å². The van der Waals surface area contributed by atoms with Gasteiger partial charge in [0.25, 0.3) is 5.91 Å². The molecule has 46 heavy (non-hydrogen) atoms. The Morgan fingerprint density at radius 3 is 2.50 bits per heavy atom. The van der Waals surface area contributed by atoms with E-state index in [1.807, 2.05) is 12.2 Å². The molecule has 5 atom stereocenters. The number of carbonyl (C=O) groups excluding carboxylic acids is 3. The number of carbonyl (C=O) groups is 3. The lowest BCUT2D eigenvalue weighted by molar-refractivity contribution is -0.155. The van der Waals surface area contributed by atoms with Gasteiger partial charge in [-0.2, -0.15) is 0 Å². The number of hydrogen-bond acceptors (Lipinski definition) is 8. The van der Waals surface area contributed by atoms with E-state index in [4.69, 9.17) is 9.47 Å². The van der Waals surface area contributed by atoms with Crippen molar-refractivity contribution in [3.63, 3.8) is 0 Å². The molecule has 2 aromatic carbocycles. The number of hydrogen-bond donors (Lipinski definition) is 5. The van der Waals surface area contributed by atoms with Crippen molar-refractivity contribution in [3.05, 3.63) is 102 Å². The second-order valence-corrected chi connectivity index (χ2v) is 11.3. The summed E-state index contributed by atoms with van der Waals surface area (Å²) in [4.78, 5) is 38.4. The standard InChI is InChI=1S/C36H44N2O8/c1-23-14-13-17-27-20-28(39)21-30(34(27)42)38-32(40)22-29(45-4)18-11-6-5-7-12-19-31(24(2)33(23)41)46-36(44)25(3)37-35(43)26-15-9-8-10-16-26/h5-12,14-16,18,20-21,24-25,29,31,33,39,41-42H,13,17,19,22H2,1-4H3,(H,37,43)(H,38,40). The topological polar surface area (TPSA) is 154 Å². The van der Waals surface area contributed by atoms with Gasteiger partial charge in [0, 0.05) is 31.1 Å². The summed E-state index contributed by atoms with van der Waals surface area (Å²) in [5.41, 5.74) is 1.56. The summed E-state index contributed by atoms with van der Waals surface area (Å²) in [6, 6.07) is 10.3. The first-order valence-electron chi connectivity index (χ1n) is 15.3. The zero-order valence-corrected chi connectivity index (χ0v) is 26.7. The van der Waals surface area contributed by atoms with Crippen LogP contribution >= 0.6 is 0 Å². The van der Waals surface area contributed by atoms with Crippen LogP contribution in [0.25, 0.3) is 0 Å². The molecule has 1 aliphatic heterocycles. The first kappa shape index (κ1) is 35.8. The summed E-state index contributed by atoms with van der Waals surface area (Å²) in [6.45, 7) is 5.10. The quantitative estimate of drug-likeness (QED) is 0.132. The number of aromatic hydroxyl groups is 2. The Balaban J connectivity index is 1.84. The molecule has 0 spiro atoms. The second kappa shape index (κ2) is 17.7. The first-order chi connectivity index (χ1) is 22.0. The summed E-state index contributed by atoms with van der Waals surface area (Å²) in [5, 5.41) is 37.6. The number of anilines is 1. The summed E-state index contributed by atoms with van der Waals surface area (Å²) < 4.78 is 11.2. The summed E-state index contributed by atoms with van der Waals surface area (Å²) in [6.07, 6.45) is 11.2. The van der Waals surface area contributed by atoms with Crippen LogP contribution in [0.3, 0.4) is 0 Å². The Morgan fingerprint density at radius 1 is 1.07 bits per heavy atom. The third-order valence-corrected chi connectivity index (χ3v) is 7.74. The van der Waals surface area contributed by atoms with Crippen molar-refractivity contribution >= 4 is 23.5 Å². The molecule has 5 N–H and O–H groups in total. The molecule has 2 amide bonds. The number of allylic oxidation sites excluding steroid dienone is 5. The Labute approximate surface area is 270 Å². The fourth-order valence-electron chi connectivity index (χ4n) is 4.93. The van der Waals surface area contributed by atoms with Crippen molar-refractivity contribution in [1.29, 1.82) is 0 Å². The van der Waals surface area contributed by atoms with Gasteiger partial charge in [-0.15, -0.1) is 0 Å².